The number of halogens is 1. The summed E-state index contributed by atoms with van der Waals surface area (Å²) < 4.78 is 1.05. The lowest BCUT2D eigenvalue weighted by Gasteiger charge is -2.41. The molecule has 2 rings (SSSR count). The van der Waals surface area contributed by atoms with Gasteiger partial charge < -0.3 is 4.90 Å². The van der Waals surface area contributed by atoms with E-state index in [0.29, 0.717) is 5.41 Å². The average Bonchev–Trinajstić information content (AvgIpc) is 2.60. The molecule has 1 fully saturated rings. The molecular weight excluding hydrogens is 348 g/mol. The first-order valence-electron chi connectivity index (χ1n) is 8.64. The first-order chi connectivity index (χ1) is 11.1. The first kappa shape index (κ1) is 18.1. The molecule has 1 aromatic rings. The third-order valence-corrected chi connectivity index (χ3v) is 5.83. The van der Waals surface area contributed by atoms with Crippen molar-refractivity contribution in [3.63, 3.8) is 0 Å². The Hall–Kier alpha value is -1.27. The molecule has 1 atom stereocenters. The highest BCUT2D eigenvalue weighted by Crippen LogP contribution is 2.40. The van der Waals surface area contributed by atoms with Crippen LogP contribution >= 0.6 is 15.9 Å². The van der Waals surface area contributed by atoms with E-state index >= 15 is 0 Å². The van der Waals surface area contributed by atoms with Crippen LogP contribution in [0.4, 0.5) is 0 Å². The zero-order chi connectivity index (χ0) is 16.7. The van der Waals surface area contributed by atoms with E-state index in [1.54, 1.807) is 0 Å². The average molecular weight is 375 g/mol. The quantitative estimate of drug-likeness (QED) is 0.597. The molecule has 23 heavy (non-hydrogen) atoms. The van der Waals surface area contributed by atoms with Crippen molar-refractivity contribution in [1.29, 1.82) is 5.26 Å². The molecule has 0 aliphatic heterocycles. The van der Waals surface area contributed by atoms with Gasteiger partial charge in [0, 0.05) is 17.6 Å². The van der Waals surface area contributed by atoms with Crippen LogP contribution in [0.5, 0.6) is 0 Å². The van der Waals surface area contributed by atoms with Crippen molar-refractivity contribution >= 4 is 15.9 Å². The van der Waals surface area contributed by atoms with E-state index in [0.717, 1.165) is 23.1 Å². The van der Waals surface area contributed by atoms with Crippen LogP contribution in [0.25, 0.3) is 0 Å². The number of nitriles is 1. The van der Waals surface area contributed by atoms with Gasteiger partial charge in [-0.1, -0.05) is 60.8 Å². The van der Waals surface area contributed by atoms with Gasteiger partial charge in [0.2, 0.25) is 0 Å². The van der Waals surface area contributed by atoms with Crippen LogP contribution in [0, 0.1) is 16.7 Å². The predicted octanol–water partition coefficient (Wildman–Crippen LogP) is 5.86. The molecule has 1 aliphatic carbocycles. The van der Waals surface area contributed by atoms with Crippen molar-refractivity contribution < 1.29 is 0 Å². The molecule has 1 unspecified atom stereocenters. The zero-order valence-corrected chi connectivity index (χ0v) is 15.7. The van der Waals surface area contributed by atoms with Gasteiger partial charge in [0.25, 0.3) is 0 Å². The normalized spacial score (nSPS) is 18.0. The maximum Gasteiger partial charge on any atom is 0.0887 e. The van der Waals surface area contributed by atoms with Gasteiger partial charge in [-0.3, -0.25) is 0 Å². The summed E-state index contributed by atoms with van der Waals surface area (Å²) >= 11 is 3.45. The van der Waals surface area contributed by atoms with Crippen molar-refractivity contribution in [1.82, 2.24) is 4.90 Å². The van der Waals surface area contributed by atoms with Crippen molar-refractivity contribution in [3.05, 3.63) is 47.1 Å². The Morgan fingerprint density at radius 2 is 1.96 bits per heavy atom. The minimum atomic E-state index is -0.112. The van der Waals surface area contributed by atoms with Crippen molar-refractivity contribution in [2.45, 2.75) is 51.4 Å². The second-order valence-electron chi connectivity index (χ2n) is 6.76. The van der Waals surface area contributed by atoms with Crippen LogP contribution in [0.3, 0.4) is 0 Å². The summed E-state index contributed by atoms with van der Waals surface area (Å²) in [7, 11) is 0. The lowest BCUT2D eigenvalue weighted by atomic mass is 9.72. The maximum atomic E-state index is 9.60. The highest BCUT2D eigenvalue weighted by molar-refractivity contribution is 9.10. The monoisotopic (exact) mass is 374 g/mol. The van der Waals surface area contributed by atoms with E-state index in [1.807, 2.05) is 30.5 Å². The highest BCUT2D eigenvalue weighted by atomic mass is 79.9. The van der Waals surface area contributed by atoms with Gasteiger partial charge in [-0.15, -0.1) is 0 Å². The zero-order valence-electron chi connectivity index (χ0n) is 14.1. The topological polar surface area (TPSA) is 27.0 Å². The van der Waals surface area contributed by atoms with E-state index in [-0.39, 0.29) is 5.92 Å². The van der Waals surface area contributed by atoms with Crippen molar-refractivity contribution in [2.75, 3.05) is 13.1 Å². The Bertz CT molecular complexity index is 538. The van der Waals surface area contributed by atoms with Crippen LogP contribution in [0.2, 0.25) is 0 Å². The number of hydrogen-bond acceptors (Lipinski definition) is 2. The molecule has 2 nitrogen and oxygen atoms in total. The van der Waals surface area contributed by atoms with Gasteiger partial charge in [-0.25, -0.2) is 0 Å². The van der Waals surface area contributed by atoms with Crippen molar-refractivity contribution in [2.24, 2.45) is 5.41 Å². The maximum absolute atomic E-state index is 9.60. The number of rotatable bonds is 7. The van der Waals surface area contributed by atoms with E-state index in [4.69, 9.17) is 0 Å². The summed E-state index contributed by atoms with van der Waals surface area (Å²) in [6.07, 6.45) is 9.81. The molecule has 3 heteroatoms. The van der Waals surface area contributed by atoms with E-state index < -0.39 is 0 Å². The molecule has 0 aromatic heterocycles. The molecule has 0 N–H and O–H groups in total. The SMILES string of the molecule is C=CN(CC(C#N)c1ccc(Br)cc1)CC1(CC)CCCCC1. The van der Waals surface area contributed by atoms with E-state index in [2.05, 4.69) is 40.4 Å². The van der Waals surface area contributed by atoms with Crippen LogP contribution in [-0.2, 0) is 0 Å². The van der Waals surface area contributed by atoms with E-state index in [1.165, 1.54) is 38.5 Å². The third kappa shape index (κ3) is 4.85. The number of nitrogens with zero attached hydrogens (tertiary/aromatic N) is 2. The fraction of sp³-hybridized carbons (Fsp3) is 0.550. The molecule has 1 aliphatic rings. The molecular formula is C20H27BrN2. The standard InChI is InChI=1S/C20H27BrN2/c1-3-20(12-6-5-7-13-20)16-23(4-2)15-18(14-22)17-8-10-19(21)11-9-17/h4,8-11,18H,2-3,5-7,12-13,15-16H2,1H3. The predicted molar refractivity (Wildman–Crippen MR) is 100 cm³/mol. The fourth-order valence-electron chi connectivity index (χ4n) is 3.71. The second kappa shape index (κ2) is 8.55. The molecule has 0 heterocycles. The number of hydrogen-bond donors (Lipinski definition) is 0. The van der Waals surface area contributed by atoms with Crippen LogP contribution in [-0.4, -0.2) is 18.0 Å². The van der Waals surface area contributed by atoms with Crippen LogP contribution in [0.15, 0.2) is 41.5 Å². The molecule has 0 bridgehead atoms. The van der Waals surface area contributed by atoms with Gasteiger partial charge in [0.05, 0.1) is 12.0 Å². The third-order valence-electron chi connectivity index (χ3n) is 5.31. The Balaban J connectivity index is 2.06. The molecule has 0 spiro atoms. The van der Waals surface area contributed by atoms with E-state index in [9.17, 15) is 5.26 Å². The summed E-state index contributed by atoms with van der Waals surface area (Å²) in [6.45, 7) is 8.06. The van der Waals surface area contributed by atoms with Gasteiger partial charge in [-0.2, -0.15) is 5.26 Å². The van der Waals surface area contributed by atoms with Gasteiger partial charge in [-0.05, 0) is 48.6 Å². The Kier molecular flexibility index (Phi) is 6.72. The Labute approximate surface area is 149 Å². The molecule has 0 amide bonds. The van der Waals surface area contributed by atoms with Crippen molar-refractivity contribution in [3.8, 4) is 6.07 Å². The first-order valence-corrected chi connectivity index (χ1v) is 9.43. The number of benzene rings is 1. The lowest BCUT2D eigenvalue weighted by Crippen LogP contribution is -2.38. The van der Waals surface area contributed by atoms with Gasteiger partial charge in [0.15, 0.2) is 0 Å². The van der Waals surface area contributed by atoms with Gasteiger partial charge >= 0.3 is 0 Å². The fourth-order valence-corrected chi connectivity index (χ4v) is 3.97. The molecule has 1 saturated carbocycles. The van der Waals surface area contributed by atoms with Crippen LogP contribution in [0.1, 0.15) is 56.9 Å². The molecule has 0 radical (unpaired) electrons. The minimum Gasteiger partial charge on any atom is -0.376 e. The summed E-state index contributed by atoms with van der Waals surface area (Å²) in [5.74, 6) is -0.112. The molecule has 0 saturated heterocycles. The summed E-state index contributed by atoms with van der Waals surface area (Å²) in [5.41, 5.74) is 1.49. The Morgan fingerprint density at radius 3 is 2.48 bits per heavy atom. The largest absolute Gasteiger partial charge is 0.376 e. The van der Waals surface area contributed by atoms with Crippen LogP contribution < -0.4 is 0 Å². The summed E-state index contributed by atoms with van der Waals surface area (Å²) in [6, 6.07) is 10.6. The highest BCUT2D eigenvalue weighted by Gasteiger charge is 2.32. The second-order valence-corrected chi connectivity index (χ2v) is 7.68. The summed E-state index contributed by atoms with van der Waals surface area (Å²) in [4.78, 5) is 2.27. The smallest absolute Gasteiger partial charge is 0.0887 e. The minimum absolute atomic E-state index is 0.112. The molecule has 124 valence electrons. The lowest BCUT2D eigenvalue weighted by molar-refractivity contribution is 0.124. The van der Waals surface area contributed by atoms with Gasteiger partial charge in [0.1, 0.15) is 0 Å². The summed E-state index contributed by atoms with van der Waals surface area (Å²) in [5, 5.41) is 9.60. The Morgan fingerprint density at radius 1 is 1.30 bits per heavy atom. The molecule has 1 aromatic carbocycles.